The zero-order chi connectivity index (χ0) is 11.8. The summed E-state index contributed by atoms with van der Waals surface area (Å²) >= 11 is 0. The number of ether oxygens (including phenoxy) is 1. The van der Waals surface area contributed by atoms with Crippen LogP contribution < -0.4 is 5.73 Å². The number of nitrogens with two attached hydrogens (primary N) is 1. The van der Waals surface area contributed by atoms with Gasteiger partial charge in [0.25, 0.3) is 0 Å². The van der Waals surface area contributed by atoms with E-state index in [4.69, 9.17) is 10.5 Å². The molecule has 1 saturated heterocycles. The van der Waals surface area contributed by atoms with Gasteiger partial charge in [0, 0.05) is 20.3 Å². The van der Waals surface area contributed by atoms with E-state index in [0.29, 0.717) is 0 Å². The first-order valence-corrected chi connectivity index (χ1v) is 6.73. The smallest absolute Gasteiger partial charge is 0.0462 e. The average molecular weight is 228 g/mol. The maximum atomic E-state index is 5.82. The largest absolute Gasteiger partial charge is 0.385 e. The zero-order valence-electron chi connectivity index (χ0n) is 11.0. The number of methoxy groups -OCH3 is 1. The highest BCUT2D eigenvalue weighted by Gasteiger charge is 2.26. The van der Waals surface area contributed by atoms with Gasteiger partial charge in [0.1, 0.15) is 0 Å². The van der Waals surface area contributed by atoms with Crippen LogP contribution in [0.3, 0.4) is 0 Å². The van der Waals surface area contributed by atoms with E-state index in [9.17, 15) is 0 Å². The van der Waals surface area contributed by atoms with Crippen molar-refractivity contribution in [3.63, 3.8) is 0 Å². The van der Waals surface area contributed by atoms with Crippen molar-refractivity contribution in [3.05, 3.63) is 0 Å². The van der Waals surface area contributed by atoms with Crippen LogP contribution in [0.4, 0.5) is 0 Å². The van der Waals surface area contributed by atoms with Gasteiger partial charge >= 0.3 is 0 Å². The number of piperidine rings is 1. The van der Waals surface area contributed by atoms with Crippen molar-refractivity contribution in [1.82, 2.24) is 4.90 Å². The van der Waals surface area contributed by atoms with E-state index < -0.39 is 0 Å². The van der Waals surface area contributed by atoms with Gasteiger partial charge in [0.2, 0.25) is 0 Å². The Labute approximate surface area is 100 Å². The Balaban J connectivity index is 2.20. The lowest BCUT2D eigenvalue weighted by Gasteiger charge is -2.37. The third-order valence-electron chi connectivity index (χ3n) is 3.88. The van der Waals surface area contributed by atoms with Gasteiger partial charge in [-0.15, -0.1) is 0 Å². The van der Waals surface area contributed by atoms with Crippen LogP contribution in [0, 0.1) is 11.8 Å². The fraction of sp³-hybridized carbons (Fsp3) is 1.00. The molecule has 1 fully saturated rings. The molecule has 0 aliphatic carbocycles. The molecule has 96 valence electrons. The molecule has 1 rings (SSSR count). The maximum Gasteiger partial charge on any atom is 0.0462 e. The van der Waals surface area contributed by atoms with Crippen LogP contribution in [-0.4, -0.2) is 44.8 Å². The number of nitrogens with zero attached hydrogens (tertiary/aromatic N) is 1. The summed E-state index contributed by atoms with van der Waals surface area (Å²) < 4.78 is 5.07. The molecule has 0 amide bonds. The predicted molar refractivity (Wildman–Crippen MR) is 68.5 cm³/mol. The molecule has 0 radical (unpaired) electrons. The molecule has 0 bridgehead atoms. The quantitative estimate of drug-likeness (QED) is 0.674. The lowest BCUT2D eigenvalue weighted by molar-refractivity contribution is 0.114. The van der Waals surface area contributed by atoms with Gasteiger partial charge in [0.05, 0.1) is 0 Å². The molecule has 1 aliphatic rings. The number of rotatable bonds is 7. The zero-order valence-corrected chi connectivity index (χ0v) is 11.0. The predicted octanol–water partition coefficient (Wildman–Crippen LogP) is 1.72. The summed E-state index contributed by atoms with van der Waals surface area (Å²) in [5.74, 6) is 1.58. The van der Waals surface area contributed by atoms with Crippen LogP contribution in [0.2, 0.25) is 0 Å². The van der Waals surface area contributed by atoms with Crippen molar-refractivity contribution in [2.75, 3.05) is 39.9 Å². The fourth-order valence-corrected chi connectivity index (χ4v) is 2.71. The Hall–Kier alpha value is -0.120. The normalized spacial score (nSPS) is 27.2. The highest BCUT2D eigenvalue weighted by molar-refractivity contribution is 4.80. The lowest BCUT2D eigenvalue weighted by Crippen LogP contribution is -2.43. The molecule has 3 nitrogen and oxygen atoms in total. The topological polar surface area (TPSA) is 38.5 Å². The van der Waals surface area contributed by atoms with Crippen molar-refractivity contribution >= 4 is 0 Å². The molecule has 1 heterocycles. The SMILES string of the molecule is CCC1CN(CCCCOC)CCC1CN. The summed E-state index contributed by atoms with van der Waals surface area (Å²) in [5.41, 5.74) is 5.82. The molecule has 2 unspecified atom stereocenters. The van der Waals surface area contributed by atoms with Gasteiger partial charge in [-0.05, 0) is 50.7 Å². The van der Waals surface area contributed by atoms with Crippen molar-refractivity contribution in [3.8, 4) is 0 Å². The molecule has 0 saturated carbocycles. The van der Waals surface area contributed by atoms with Crippen LogP contribution in [0.15, 0.2) is 0 Å². The van der Waals surface area contributed by atoms with Crippen molar-refractivity contribution in [2.45, 2.75) is 32.6 Å². The Morgan fingerprint density at radius 2 is 2.12 bits per heavy atom. The summed E-state index contributed by atoms with van der Waals surface area (Å²) in [6.45, 7) is 7.79. The first kappa shape index (κ1) is 13.9. The molecule has 0 spiro atoms. The van der Waals surface area contributed by atoms with Gasteiger partial charge in [0.15, 0.2) is 0 Å². The number of hydrogen-bond donors (Lipinski definition) is 1. The summed E-state index contributed by atoms with van der Waals surface area (Å²) in [5, 5.41) is 0. The Kier molecular flexibility index (Phi) is 7.01. The van der Waals surface area contributed by atoms with E-state index in [-0.39, 0.29) is 0 Å². The van der Waals surface area contributed by atoms with Crippen molar-refractivity contribution < 1.29 is 4.74 Å². The second-order valence-electron chi connectivity index (χ2n) is 4.95. The van der Waals surface area contributed by atoms with Crippen molar-refractivity contribution in [1.29, 1.82) is 0 Å². The summed E-state index contributed by atoms with van der Waals surface area (Å²) in [4.78, 5) is 2.61. The highest BCUT2D eigenvalue weighted by atomic mass is 16.5. The van der Waals surface area contributed by atoms with Gasteiger partial charge in [-0.25, -0.2) is 0 Å². The molecule has 2 N–H and O–H groups in total. The molecule has 1 aliphatic heterocycles. The van der Waals surface area contributed by atoms with Crippen LogP contribution in [0.25, 0.3) is 0 Å². The molecule has 0 aromatic rings. The van der Waals surface area contributed by atoms with E-state index in [1.54, 1.807) is 7.11 Å². The van der Waals surface area contributed by atoms with E-state index in [2.05, 4.69) is 11.8 Å². The van der Waals surface area contributed by atoms with E-state index in [1.807, 2.05) is 0 Å². The number of hydrogen-bond acceptors (Lipinski definition) is 3. The second kappa shape index (κ2) is 8.04. The molecular formula is C13H28N2O. The minimum Gasteiger partial charge on any atom is -0.385 e. The van der Waals surface area contributed by atoms with Gasteiger partial charge in [-0.2, -0.15) is 0 Å². The Morgan fingerprint density at radius 1 is 1.31 bits per heavy atom. The maximum absolute atomic E-state index is 5.82. The summed E-state index contributed by atoms with van der Waals surface area (Å²) in [6.07, 6.45) is 5.01. The lowest BCUT2D eigenvalue weighted by atomic mass is 9.84. The number of unbranched alkanes of at least 4 members (excludes halogenated alkanes) is 1. The molecule has 0 aromatic heterocycles. The molecule has 0 aromatic carbocycles. The number of likely N-dealkylation sites (tertiary alicyclic amines) is 1. The average Bonchev–Trinajstić information content (AvgIpc) is 2.34. The van der Waals surface area contributed by atoms with Crippen LogP contribution in [-0.2, 0) is 4.74 Å². The van der Waals surface area contributed by atoms with Crippen LogP contribution >= 0.6 is 0 Å². The van der Waals surface area contributed by atoms with Gasteiger partial charge in [-0.1, -0.05) is 13.3 Å². The second-order valence-corrected chi connectivity index (χ2v) is 4.95. The van der Waals surface area contributed by atoms with Crippen molar-refractivity contribution in [2.24, 2.45) is 17.6 Å². The first-order valence-electron chi connectivity index (χ1n) is 6.73. The third kappa shape index (κ3) is 4.40. The van der Waals surface area contributed by atoms with E-state index >= 15 is 0 Å². The Bertz CT molecular complexity index is 175. The summed E-state index contributed by atoms with van der Waals surface area (Å²) in [6, 6.07) is 0. The van der Waals surface area contributed by atoms with Crippen LogP contribution in [0.1, 0.15) is 32.6 Å². The summed E-state index contributed by atoms with van der Waals surface area (Å²) in [7, 11) is 1.78. The third-order valence-corrected chi connectivity index (χ3v) is 3.88. The van der Waals surface area contributed by atoms with Gasteiger partial charge < -0.3 is 15.4 Å². The standard InChI is InChI=1S/C13H28N2O/c1-3-12-11-15(7-4-5-9-16-2)8-6-13(12)10-14/h12-13H,3-11,14H2,1-2H3. The highest BCUT2D eigenvalue weighted by Crippen LogP contribution is 2.25. The molecule has 2 atom stereocenters. The molecule has 3 heteroatoms. The molecular weight excluding hydrogens is 200 g/mol. The van der Waals surface area contributed by atoms with E-state index in [1.165, 1.54) is 45.3 Å². The first-order chi connectivity index (χ1) is 7.81. The monoisotopic (exact) mass is 228 g/mol. The fourth-order valence-electron chi connectivity index (χ4n) is 2.71. The molecule has 16 heavy (non-hydrogen) atoms. The van der Waals surface area contributed by atoms with Gasteiger partial charge in [-0.3, -0.25) is 0 Å². The minimum absolute atomic E-state index is 0.764. The van der Waals surface area contributed by atoms with E-state index in [0.717, 1.165) is 25.0 Å². The minimum atomic E-state index is 0.764. The van der Waals surface area contributed by atoms with Crippen LogP contribution in [0.5, 0.6) is 0 Å². The Morgan fingerprint density at radius 3 is 2.75 bits per heavy atom.